The molecule has 5 amide bonds. The summed E-state index contributed by atoms with van der Waals surface area (Å²) in [4.78, 5) is 52.3. The van der Waals surface area contributed by atoms with Gasteiger partial charge >= 0.3 is 6.03 Å². The number of hydrogen-bond acceptors (Lipinski definition) is 8. The molecule has 1 aliphatic rings. The third-order valence-corrected chi connectivity index (χ3v) is 7.53. The number of nitrogens with two attached hydrogens (primary N) is 1. The molecule has 3 atom stereocenters. The number of anilines is 1. The molecule has 14 heteroatoms. The minimum atomic E-state index is -3.37. The summed E-state index contributed by atoms with van der Waals surface area (Å²) in [5.74, 6) is -1.99. The van der Waals surface area contributed by atoms with Crippen LogP contribution in [0.1, 0.15) is 12.8 Å². The first-order chi connectivity index (χ1) is 16.4. The van der Waals surface area contributed by atoms with Gasteiger partial charge in [-0.2, -0.15) is 11.8 Å². The SMILES string of the molecule is CSCC(=O)N1CC(NC(=O)Nc2cccc(SC)c2)CC1C(=O)NC(CCS(C)(=O)=O)C(N)=O. The zero-order valence-corrected chi connectivity index (χ0v) is 22.2. The van der Waals surface area contributed by atoms with Gasteiger partial charge in [-0.05, 0) is 43.6 Å². The normalized spacial score (nSPS) is 18.5. The van der Waals surface area contributed by atoms with E-state index in [1.807, 2.05) is 24.5 Å². The van der Waals surface area contributed by atoms with Gasteiger partial charge in [0.25, 0.3) is 0 Å². The monoisotopic (exact) mass is 545 g/mol. The van der Waals surface area contributed by atoms with Gasteiger partial charge in [-0.15, -0.1) is 11.8 Å². The van der Waals surface area contributed by atoms with Crippen LogP contribution in [0.4, 0.5) is 10.5 Å². The Kier molecular flexibility index (Phi) is 10.7. The fourth-order valence-corrected chi connectivity index (χ4v) is 5.15. The van der Waals surface area contributed by atoms with E-state index in [-0.39, 0.29) is 36.8 Å². The summed E-state index contributed by atoms with van der Waals surface area (Å²) < 4.78 is 22.9. The number of rotatable bonds is 11. The van der Waals surface area contributed by atoms with E-state index in [1.54, 1.807) is 12.3 Å². The molecule has 0 bridgehead atoms. The third kappa shape index (κ3) is 9.26. The van der Waals surface area contributed by atoms with Crippen molar-refractivity contribution in [1.29, 1.82) is 0 Å². The highest BCUT2D eigenvalue weighted by molar-refractivity contribution is 7.99. The molecular weight excluding hydrogens is 514 g/mol. The average Bonchev–Trinajstić information content (AvgIpc) is 3.19. The average molecular weight is 546 g/mol. The van der Waals surface area contributed by atoms with E-state index in [9.17, 15) is 27.6 Å². The molecule has 0 aromatic heterocycles. The molecule has 0 radical (unpaired) electrons. The van der Waals surface area contributed by atoms with Crippen molar-refractivity contribution in [3.05, 3.63) is 24.3 Å². The molecule has 0 aliphatic carbocycles. The van der Waals surface area contributed by atoms with E-state index in [1.165, 1.54) is 28.4 Å². The van der Waals surface area contributed by atoms with Crippen LogP contribution in [0.5, 0.6) is 0 Å². The predicted octanol–water partition coefficient (Wildman–Crippen LogP) is 0.267. The quantitative estimate of drug-likeness (QED) is 0.287. The molecule has 194 valence electrons. The first-order valence-electron chi connectivity index (χ1n) is 10.7. The van der Waals surface area contributed by atoms with Gasteiger partial charge < -0.3 is 26.6 Å². The fourth-order valence-electron chi connectivity index (χ4n) is 3.61. The van der Waals surface area contributed by atoms with Gasteiger partial charge in [0.2, 0.25) is 17.7 Å². The Hall–Kier alpha value is -2.45. The minimum absolute atomic E-state index is 0.111. The van der Waals surface area contributed by atoms with Gasteiger partial charge in [-0.25, -0.2) is 13.2 Å². The molecule has 1 fully saturated rings. The van der Waals surface area contributed by atoms with Crippen LogP contribution in [0.25, 0.3) is 0 Å². The molecule has 1 aliphatic heterocycles. The van der Waals surface area contributed by atoms with Crippen LogP contribution >= 0.6 is 23.5 Å². The number of thioether (sulfide) groups is 2. The second-order valence-electron chi connectivity index (χ2n) is 8.14. The lowest BCUT2D eigenvalue weighted by Crippen LogP contribution is -2.52. The first-order valence-corrected chi connectivity index (χ1v) is 15.4. The van der Waals surface area contributed by atoms with Crippen molar-refractivity contribution < 1.29 is 27.6 Å². The van der Waals surface area contributed by atoms with Crippen molar-refractivity contribution in [2.45, 2.75) is 35.9 Å². The van der Waals surface area contributed by atoms with Gasteiger partial charge in [0.05, 0.1) is 17.5 Å². The van der Waals surface area contributed by atoms with Crippen LogP contribution in [0.3, 0.4) is 0 Å². The highest BCUT2D eigenvalue weighted by Gasteiger charge is 2.40. The van der Waals surface area contributed by atoms with Crippen LogP contribution in [-0.2, 0) is 24.2 Å². The number of carbonyl (C=O) groups is 4. The molecule has 1 aromatic carbocycles. The van der Waals surface area contributed by atoms with Crippen molar-refractivity contribution in [3.8, 4) is 0 Å². The maximum absolute atomic E-state index is 13.0. The Balaban J connectivity index is 2.08. The van der Waals surface area contributed by atoms with E-state index in [4.69, 9.17) is 5.73 Å². The van der Waals surface area contributed by atoms with Gasteiger partial charge in [-0.1, -0.05) is 6.07 Å². The Morgan fingerprint density at radius 2 is 1.94 bits per heavy atom. The smallest absolute Gasteiger partial charge is 0.319 e. The van der Waals surface area contributed by atoms with E-state index in [2.05, 4.69) is 16.0 Å². The molecule has 11 nitrogen and oxygen atoms in total. The number of nitrogens with zero attached hydrogens (tertiary/aromatic N) is 1. The largest absolute Gasteiger partial charge is 0.368 e. The topological polar surface area (TPSA) is 168 Å². The summed E-state index contributed by atoms with van der Waals surface area (Å²) in [7, 11) is -3.37. The van der Waals surface area contributed by atoms with E-state index in [0.717, 1.165) is 11.2 Å². The summed E-state index contributed by atoms with van der Waals surface area (Å²) in [6, 6.07) is 4.17. The summed E-state index contributed by atoms with van der Waals surface area (Å²) in [6.45, 7) is 0.111. The molecule has 1 heterocycles. The van der Waals surface area contributed by atoms with Gasteiger partial charge in [0.1, 0.15) is 21.9 Å². The molecule has 2 rings (SSSR count). The van der Waals surface area contributed by atoms with Crippen LogP contribution in [0.2, 0.25) is 0 Å². The zero-order valence-electron chi connectivity index (χ0n) is 19.8. The highest BCUT2D eigenvalue weighted by atomic mass is 32.2. The van der Waals surface area contributed by atoms with Crippen molar-refractivity contribution in [2.24, 2.45) is 5.73 Å². The standard InChI is InChI=1S/C21H31N5O6S3/c1-33-12-18(27)26-11-14(24-21(30)23-13-5-4-6-15(9-13)34-2)10-17(26)20(29)25-16(19(22)28)7-8-35(3,31)32/h4-6,9,14,16-17H,7-8,10-12H2,1-3H3,(H2,22,28)(H,25,29)(H2,23,24,30). The lowest BCUT2D eigenvalue weighted by molar-refractivity contribution is -0.137. The number of carbonyl (C=O) groups excluding carboxylic acids is 4. The van der Waals surface area contributed by atoms with Crippen molar-refractivity contribution in [2.75, 3.05) is 42.1 Å². The number of hydrogen-bond donors (Lipinski definition) is 4. The number of likely N-dealkylation sites (tertiary alicyclic amines) is 1. The van der Waals surface area contributed by atoms with E-state index in [0.29, 0.717) is 5.69 Å². The van der Waals surface area contributed by atoms with Crippen LogP contribution < -0.4 is 21.7 Å². The summed E-state index contributed by atoms with van der Waals surface area (Å²) in [6.07, 6.45) is 4.65. The lowest BCUT2D eigenvalue weighted by atomic mass is 10.1. The lowest BCUT2D eigenvalue weighted by Gasteiger charge is -2.25. The third-order valence-electron chi connectivity index (χ3n) is 5.29. The molecule has 0 saturated carbocycles. The fraction of sp³-hybridized carbons (Fsp3) is 0.524. The van der Waals surface area contributed by atoms with Crippen LogP contribution in [0.15, 0.2) is 29.2 Å². The molecule has 35 heavy (non-hydrogen) atoms. The second kappa shape index (κ2) is 13.0. The summed E-state index contributed by atoms with van der Waals surface area (Å²) >= 11 is 2.83. The van der Waals surface area contributed by atoms with Crippen molar-refractivity contribution >= 4 is 62.8 Å². The highest BCUT2D eigenvalue weighted by Crippen LogP contribution is 2.21. The summed E-state index contributed by atoms with van der Waals surface area (Å²) in [5.41, 5.74) is 5.95. The van der Waals surface area contributed by atoms with Crippen LogP contribution in [0, 0.1) is 0 Å². The Labute approximate surface area is 213 Å². The van der Waals surface area contributed by atoms with E-state index >= 15 is 0 Å². The van der Waals surface area contributed by atoms with Gasteiger partial charge in [0.15, 0.2) is 0 Å². The Bertz CT molecular complexity index is 1050. The van der Waals surface area contributed by atoms with E-state index < -0.39 is 45.8 Å². The maximum atomic E-state index is 13.0. The molecule has 5 N–H and O–H groups in total. The molecule has 1 aromatic rings. The number of nitrogens with one attached hydrogen (secondary N) is 3. The molecule has 1 saturated heterocycles. The number of urea groups is 1. The first kappa shape index (κ1) is 28.8. The number of benzene rings is 1. The van der Waals surface area contributed by atoms with Crippen molar-refractivity contribution in [1.82, 2.24) is 15.5 Å². The second-order valence-corrected chi connectivity index (χ2v) is 12.1. The zero-order chi connectivity index (χ0) is 26.2. The molecular formula is C21H31N5O6S3. The van der Waals surface area contributed by atoms with Gasteiger partial charge in [0, 0.05) is 23.4 Å². The Morgan fingerprint density at radius 3 is 2.54 bits per heavy atom. The summed E-state index contributed by atoms with van der Waals surface area (Å²) in [5, 5.41) is 8.01. The van der Waals surface area contributed by atoms with Gasteiger partial charge in [-0.3, -0.25) is 14.4 Å². The number of sulfone groups is 1. The number of amides is 5. The minimum Gasteiger partial charge on any atom is -0.368 e. The number of primary amides is 1. The molecule has 0 spiro atoms. The maximum Gasteiger partial charge on any atom is 0.319 e. The molecule has 3 unspecified atom stereocenters. The predicted molar refractivity (Wildman–Crippen MR) is 138 cm³/mol. The Morgan fingerprint density at radius 1 is 1.23 bits per heavy atom. The van der Waals surface area contributed by atoms with Crippen LogP contribution in [-0.4, -0.2) is 92.0 Å². The van der Waals surface area contributed by atoms with Crippen molar-refractivity contribution in [3.63, 3.8) is 0 Å².